The van der Waals surface area contributed by atoms with Gasteiger partial charge in [0.25, 0.3) is 0 Å². The molecule has 2 unspecified atom stereocenters. The SMILES string of the molecule is O=C(O)CC(c1cccc(O)c1)N1CC(CS(=O)(=O)F)CC1=O. The van der Waals surface area contributed by atoms with Crippen LogP contribution in [-0.4, -0.2) is 47.7 Å². The van der Waals surface area contributed by atoms with Crippen LogP contribution < -0.4 is 0 Å². The maximum Gasteiger partial charge on any atom is 0.305 e. The van der Waals surface area contributed by atoms with Gasteiger partial charge in [-0.15, -0.1) is 3.89 Å². The molecule has 1 fully saturated rings. The van der Waals surface area contributed by atoms with Crippen LogP contribution in [0.4, 0.5) is 3.89 Å². The number of benzene rings is 1. The van der Waals surface area contributed by atoms with Crippen LogP contribution in [0.5, 0.6) is 5.75 Å². The number of carbonyl (C=O) groups is 2. The highest BCUT2D eigenvalue weighted by Gasteiger charge is 2.38. The number of hydrogen-bond acceptors (Lipinski definition) is 5. The standard InChI is InChI=1S/C14H16FNO6S/c15-23(21,22)8-9-4-13(18)16(7-9)12(6-14(19)20)10-2-1-3-11(17)5-10/h1-3,5,9,12,17H,4,6-8H2,(H,19,20). The molecule has 0 saturated carbocycles. The molecule has 9 heteroatoms. The lowest BCUT2D eigenvalue weighted by Gasteiger charge is -2.27. The van der Waals surface area contributed by atoms with E-state index in [-0.39, 0.29) is 18.7 Å². The predicted octanol–water partition coefficient (Wildman–Crippen LogP) is 1.06. The van der Waals surface area contributed by atoms with Gasteiger partial charge in [-0.2, -0.15) is 8.42 Å². The van der Waals surface area contributed by atoms with Gasteiger partial charge in [0.15, 0.2) is 0 Å². The van der Waals surface area contributed by atoms with Crippen LogP contribution in [0.2, 0.25) is 0 Å². The van der Waals surface area contributed by atoms with Gasteiger partial charge in [-0.3, -0.25) is 9.59 Å². The lowest BCUT2D eigenvalue weighted by atomic mass is 10.0. The molecular weight excluding hydrogens is 329 g/mol. The Morgan fingerprint density at radius 3 is 2.70 bits per heavy atom. The normalized spacial score (nSPS) is 19.8. The molecule has 23 heavy (non-hydrogen) atoms. The summed E-state index contributed by atoms with van der Waals surface area (Å²) in [5.41, 5.74) is 0.421. The van der Waals surface area contributed by atoms with E-state index in [4.69, 9.17) is 5.11 Å². The zero-order valence-electron chi connectivity index (χ0n) is 12.1. The Hall–Kier alpha value is -2.16. The van der Waals surface area contributed by atoms with Gasteiger partial charge in [-0.25, -0.2) is 0 Å². The van der Waals surface area contributed by atoms with Crippen LogP contribution in [0, 0.1) is 5.92 Å². The number of carbonyl (C=O) groups excluding carboxylic acids is 1. The average molecular weight is 345 g/mol. The lowest BCUT2D eigenvalue weighted by Crippen LogP contribution is -2.32. The van der Waals surface area contributed by atoms with Crippen molar-refractivity contribution in [1.29, 1.82) is 0 Å². The van der Waals surface area contributed by atoms with Gasteiger partial charge in [0.2, 0.25) is 5.91 Å². The molecule has 1 heterocycles. The Labute approximate surface area is 132 Å². The van der Waals surface area contributed by atoms with Gasteiger partial charge in [-0.05, 0) is 17.7 Å². The van der Waals surface area contributed by atoms with E-state index in [9.17, 15) is 27.0 Å². The van der Waals surface area contributed by atoms with Crippen LogP contribution in [0.15, 0.2) is 24.3 Å². The minimum Gasteiger partial charge on any atom is -0.508 e. The van der Waals surface area contributed by atoms with Crippen molar-refractivity contribution in [3.05, 3.63) is 29.8 Å². The summed E-state index contributed by atoms with van der Waals surface area (Å²) in [6.45, 7) is -0.0460. The number of aromatic hydroxyl groups is 1. The molecule has 0 aromatic heterocycles. The van der Waals surface area contributed by atoms with Gasteiger partial charge in [0.05, 0.1) is 18.2 Å². The first-order valence-electron chi connectivity index (χ1n) is 6.88. The van der Waals surface area contributed by atoms with E-state index in [0.717, 1.165) is 0 Å². The average Bonchev–Trinajstić information content (AvgIpc) is 2.74. The zero-order chi connectivity index (χ0) is 17.2. The van der Waals surface area contributed by atoms with Crippen LogP contribution in [0.25, 0.3) is 0 Å². The Kier molecular flexibility index (Phi) is 4.88. The minimum atomic E-state index is -4.71. The molecule has 2 atom stereocenters. The van der Waals surface area contributed by atoms with Crippen LogP contribution in [0.3, 0.4) is 0 Å². The second-order valence-electron chi connectivity index (χ2n) is 5.53. The number of rotatable bonds is 6. The van der Waals surface area contributed by atoms with Crippen LogP contribution in [0.1, 0.15) is 24.4 Å². The maximum atomic E-state index is 12.8. The van der Waals surface area contributed by atoms with Crippen molar-refractivity contribution in [2.24, 2.45) is 5.92 Å². The van der Waals surface area contributed by atoms with E-state index >= 15 is 0 Å². The Balaban J connectivity index is 2.26. The number of hydrogen-bond donors (Lipinski definition) is 2. The molecular formula is C14H16FNO6S. The van der Waals surface area contributed by atoms with Gasteiger partial charge >= 0.3 is 16.2 Å². The largest absolute Gasteiger partial charge is 0.508 e. The van der Waals surface area contributed by atoms with E-state index in [1.54, 1.807) is 6.07 Å². The summed E-state index contributed by atoms with van der Waals surface area (Å²) in [5.74, 6) is -3.14. The fourth-order valence-corrected chi connectivity index (χ4v) is 3.59. The van der Waals surface area contributed by atoms with Crippen molar-refractivity contribution >= 4 is 22.1 Å². The van der Waals surface area contributed by atoms with Gasteiger partial charge < -0.3 is 15.1 Å². The molecule has 1 aliphatic rings. The second-order valence-corrected chi connectivity index (χ2v) is 6.94. The quantitative estimate of drug-likeness (QED) is 0.746. The number of carboxylic acids is 1. The molecule has 0 bridgehead atoms. The highest BCUT2D eigenvalue weighted by molar-refractivity contribution is 7.86. The summed E-state index contributed by atoms with van der Waals surface area (Å²) >= 11 is 0. The number of phenols is 1. The molecule has 0 spiro atoms. The Morgan fingerprint density at radius 2 is 2.13 bits per heavy atom. The topological polar surface area (TPSA) is 112 Å². The zero-order valence-corrected chi connectivity index (χ0v) is 12.9. The molecule has 1 saturated heterocycles. The minimum absolute atomic E-state index is 0.0460. The van der Waals surface area contributed by atoms with Gasteiger partial charge in [-0.1, -0.05) is 12.1 Å². The third-order valence-electron chi connectivity index (χ3n) is 3.67. The van der Waals surface area contributed by atoms with E-state index in [2.05, 4.69) is 0 Å². The van der Waals surface area contributed by atoms with Crippen molar-refractivity contribution in [3.8, 4) is 5.75 Å². The van der Waals surface area contributed by atoms with Crippen molar-refractivity contribution in [2.45, 2.75) is 18.9 Å². The third kappa shape index (κ3) is 4.65. The van der Waals surface area contributed by atoms with Crippen molar-refractivity contribution in [3.63, 3.8) is 0 Å². The first kappa shape index (κ1) is 17.2. The number of aliphatic carboxylic acids is 1. The van der Waals surface area contributed by atoms with Crippen molar-refractivity contribution in [2.75, 3.05) is 12.3 Å². The molecule has 2 N–H and O–H groups in total. The third-order valence-corrected chi connectivity index (χ3v) is 4.54. The number of amides is 1. The maximum absolute atomic E-state index is 12.8. The lowest BCUT2D eigenvalue weighted by molar-refractivity contribution is -0.139. The summed E-state index contributed by atoms with van der Waals surface area (Å²) in [6, 6.07) is 4.99. The molecule has 0 radical (unpaired) electrons. The highest BCUT2D eigenvalue weighted by atomic mass is 32.3. The number of nitrogens with zero attached hydrogens (tertiary/aromatic N) is 1. The predicted molar refractivity (Wildman–Crippen MR) is 77.8 cm³/mol. The summed E-state index contributed by atoms with van der Waals surface area (Å²) in [5, 5.41) is 18.6. The van der Waals surface area contributed by atoms with E-state index in [1.165, 1.54) is 23.1 Å². The highest BCUT2D eigenvalue weighted by Crippen LogP contribution is 2.33. The monoisotopic (exact) mass is 345 g/mol. The molecule has 1 aromatic rings. The van der Waals surface area contributed by atoms with Gasteiger partial charge in [0.1, 0.15) is 5.75 Å². The molecule has 1 aliphatic heterocycles. The molecule has 1 aromatic carbocycles. The molecule has 126 valence electrons. The summed E-state index contributed by atoms with van der Waals surface area (Å²) in [6.07, 6.45) is -0.553. The van der Waals surface area contributed by atoms with Crippen molar-refractivity contribution < 1.29 is 32.1 Å². The first-order valence-corrected chi connectivity index (χ1v) is 8.43. The Bertz CT molecular complexity index is 720. The fraction of sp³-hybridized carbons (Fsp3) is 0.429. The molecule has 2 rings (SSSR count). The first-order chi connectivity index (χ1) is 10.7. The fourth-order valence-electron chi connectivity index (χ4n) is 2.81. The number of halogens is 1. The Morgan fingerprint density at radius 1 is 1.43 bits per heavy atom. The summed E-state index contributed by atoms with van der Waals surface area (Å²) in [7, 11) is -4.71. The van der Waals surface area contributed by atoms with E-state index < -0.39 is 46.2 Å². The van der Waals surface area contributed by atoms with Crippen LogP contribution in [-0.2, 0) is 19.8 Å². The smallest absolute Gasteiger partial charge is 0.305 e. The van der Waals surface area contributed by atoms with E-state index in [1.807, 2.05) is 0 Å². The summed E-state index contributed by atoms with van der Waals surface area (Å²) in [4.78, 5) is 24.4. The molecule has 0 aliphatic carbocycles. The van der Waals surface area contributed by atoms with Crippen molar-refractivity contribution in [1.82, 2.24) is 4.90 Å². The number of carboxylic acid groups (broad SMARTS) is 1. The van der Waals surface area contributed by atoms with Crippen LogP contribution >= 0.6 is 0 Å². The molecule has 1 amide bonds. The number of likely N-dealkylation sites (tertiary alicyclic amines) is 1. The summed E-state index contributed by atoms with van der Waals surface area (Å²) < 4.78 is 34.3. The van der Waals surface area contributed by atoms with Gasteiger partial charge in [0, 0.05) is 18.9 Å². The van der Waals surface area contributed by atoms with E-state index in [0.29, 0.717) is 5.56 Å². The number of phenolic OH excluding ortho intramolecular Hbond substituents is 1. The molecule has 7 nitrogen and oxygen atoms in total. The second kappa shape index (κ2) is 6.53.